The van der Waals surface area contributed by atoms with E-state index in [1.807, 2.05) is 5.38 Å². The molecule has 2 unspecified atom stereocenters. The van der Waals surface area contributed by atoms with Gasteiger partial charge in [0.05, 0.1) is 0 Å². The topological polar surface area (TPSA) is 76.2 Å². The Labute approximate surface area is 95.9 Å². The van der Waals surface area contributed by atoms with Crippen molar-refractivity contribution in [3.05, 3.63) is 11.6 Å². The standard InChI is InChI=1S/C9H12N2O2S2/c10-9(7(12)13)2-1-6(5-9)15-8-11-3-4-14-8/h3-4,6H,1-2,5,10H2,(H,12,13). The van der Waals surface area contributed by atoms with Gasteiger partial charge in [-0.25, -0.2) is 4.98 Å². The molecule has 0 amide bonds. The predicted molar refractivity (Wildman–Crippen MR) is 60.2 cm³/mol. The van der Waals surface area contributed by atoms with Gasteiger partial charge in [-0.3, -0.25) is 4.79 Å². The van der Waals surface area contributed by atoms with Gasteiger partial charge in [0.15, 0.2) is 0 Å². The van der Waals surface area contributed by atoms with Crippen LogP contribution in [-0.4, -0.2) is 26.8 Å². The van der Waals surface area contributed by atoms with Crippen molar-refractivity contribution >= 4 is 29.1 Å². The summed E-state index contributed by atoms with van der Waals surface area (Å²) in [7, 11) is 0. The third-order valence-electron chi connectivity index (χ3n) is 2.61. The number of aliphatic carboxylic acids is 1. The molecule has 1 saturated carbocycles. The van der Waals surface area contributed by atoms with Crippen LogP contribution in [0.5, 0.6) is 0 Å². The fraction of sp³-hybridized carbons (Fsp3) is 0.556. The number of hydrogen-bond donors (Lipinski definition) is 2. The molecule has 6 heteroatoms. The number of aromatic nitrogens is 1. The SMILES string of the molecule is NC1(C(=O)O)CCC(Sc2nccs2)C1. The summed E-state index contributed by atoms with van der Waals surface area (Å²) in [5, 5.41) is 11.2. The lowest BCUT2D eigenvalue weighted by Gasteiger charge is -2.17. The molecular weight excluding hydrogens is 232 g/mol. The normalized spacial score (nSPS) is 30.6. The zero-order chi connectivity index (χ0) is 10.9. The lowest BCUT2D eigenvalue weighted by Crippen LogP contribution is -2.45. The highest BCUT2D eigenvalue weighted by Gasteiger charge is 2.42. The van der Waals surface area contributed by atoms with Crippen LogP contribution >= 0.6 is 23.1 Å². The Balaban J connectivity index is 1.96. The first kappa shape index (κ1) is 10.9. The smallest absolute Gasteiger partial charge is 0.323 e. The van der Waals surface area contributed by atoms with E-state index >= 15 is 0 Å². The number of carboxylic acid groups (broad SMARTS) is 1. The van der Waals surface area contributed by atoms with E-state index in [-0.39, 0.29) is 5.25 Å². The zero-order valence-corrected chi connectivity index (χ0v) is 9.68. The van der Waals surface area contributed by atoms with Gasteiger partial charge in [0.2, 0.25) is 0 Å². The van der Waals surface area contributed by atoms with Crippen molar-refractivity contribution in [1.29, 1.82) is 0 Å². The molecule has 1 aliphatic carbocycles. The van der Waals surface area contributed by atoms with Gasteiger partial charge in [-0.1, -0.05) is 11.8 Å². The van der Waals surface area contributed by atoms with Crippen LogP contribution in [0.1, 0.15) is 19.3 Å². The summed E-state index contributed by atoms with van der Waals surface area (Å²) in [5.74, 6) is -0.885. The van der Waals surface area contributed by atoms with Gasteiger partial charge in [-0.15, -0.1) is 11.3 Å². The molecule has 0 saturated heterocycles. The van der Waals surface area contributed by atoms with Crippen molar-refractivity contribution < 1.29 is 9.90 Å². The minimum Gasteiger partial charge on any atom is -0.480 e. The second-order valence-electron chi connectivity index (χ2n) is 3.74. The average molecular weight is 244 g/mol. The Hall–Kier alpha value is -0.590. The van der Waals surface area contributed by atoms with Crippen LogP contribution in [0.3, 0.4) is 0 Å². The van der Waals surface area contributed by atoms with Crippen molar-refractivity contribution in [2.75, 3.05) is 0 Å². The summed E-state index contributed by atoms with van der Waals surface area (Å²) >= 11 is 3.22. The van der Waals surface area contributed by atoms with E-state index in [2.05, 4.69) is 4.98 Å². The molecule has 1 fully saturated rings. The Morgan fingerprint density at radius 1 is 1.80 bits per heavy atom. The molecule has 0 spiro atoms. The van der Waals surface area contributed by atoms with E-state index in [4.69, 9.17) is 10.8 Å². The van der Waals surface area contributed by atoms with Crippen molar-refractivity contribution in [3.63, 3.8) is 0 Å². The molecule has 0 aromatic carbocycles. The molecule has 4 nitrogen and oxygen atoms in total. The van der Waals surface area contributed by atoms with Crippen molar-refractivity contribution in [2.24, 2.45) is 5.73 Å². The fourth-order valence-electron chi connectivity index (χ4n) is 1.73. The van der Waals surface area contributed by atoms with E-state index in [1.54, 1.807) is 29.3 Å². The number of thioether (sulfide) groups is 1. The molecule has 0 radical (unpaired) electrons. The predicted octanol–water partition coefficient (Wildman–Crippen LogP) is 1.57. The second-order valence-corrected chi connectivity index (χ2v) is 6.18. The number of nitrogens with two attached hydrogens (primary N) is 1. The van der Waals surface area contributed by atoms with E-state index < -0.39 is 11.5 Å². The molecule has 2 rings (SSSR count). The number of rotatable bonds is 3. The van der Waals surface area contributed by atoms with Crippen molar-refractivity contribution in [3.8, 4) is 0 Å². The first-order chi connectivity index (χ1) is 7.10. The monoisotopic (exact) mass is 244 g/mol. The van der Waals surface area contributed by atoms with Crippen LogP contribution in [-0.2, 0) is 4.79 Å². The number of thiazole rings is 1. The van der Waals surface area contributed by atoms with E-state index in [1.165, 1.54) is 0 Å². The van der Waals surface area contributed by atoms with Crippen LogP contribution in [0.25, 0.3) is 0 Å². The number of carbonyl (C=O) groups is 1. The second kappa shape index (κ2) is 4.11. The molecular formula is C9H12N2O2S2. The number of carboxylic acids is 1. The van der Waals surface area contributed by atoms with Crippen LogP contribution < -0.4 is 5.73 Å². The van der Waals surface area contributed by atoms with Crippen LogP contribution in [0, 0.1) is 0 Å². The third-order valence-corrected chi connectivity index (χ3v) is 4.79. The quantitative estimate of drug-likeness (QED) is 0.844. The van der Waals surface area contributed by atoms with Crippen molar-refractivity contribution in [2.45, 2.75) is 34.4 Å². The Bertz CT molecular complexity index is 355. The molecule has 0 bridgehead atoms. The fourth-order valence-corrected chi connectivity index (χ4v) is 3.92. The first-order valence-electron chi connectivity index (χ1n) is 4.68. The lowest BCUT2D eigenvalue weighted by atomic mass is 10.0. The maximum Gasteiger partial charge on any atom is 0.323 e. The van der Waals surface area contributed by atoms with Crippen molar-refractivity contribution in [1.82, 2.24) is 4.98 Å². The number of nitrogens with zero attached hydrogens (tertiary/aromatic N) is 1. The summed E-state index contributed by atoms with van der Waals surface area (Å²) in [6.45, 7) is 0. The molecule has 3 N–H and O–H groups in total. The lowest BCUT2D eigenvalue weighted by molar-refractivity contribution is -0.143. The van der Waals surface area contributed by atoms with Gasteiger partial charge >= 0.3 is 5.97 Å². The maximum atomic E-state index is 10.9. The molecule has 1 aromatic rings. The molecule has 82 valence electrons. The summed E-state index contributed by atoms with van der Waals surface area (Å²) in [5.41, 5.74) is 4.77. The average Bonchev–Trinajstić information content (AvgIpc) is 2.77. The molecule has 1 heterocycles. The van der Waals surface area contributed by atoms with Gasteiger partial charge in [0.1, 0.15) is 9.88 Å². The highest BCUT2D eigenvalue weighted by Crippen LogP contribution is 2.39. The molecule has 2 atom stereocenters. The minimum absolute atomic E-state index is 0.289. The molecule has 0 aliphatic heterocycles. The Morgan fingerprint density at radius 2 is 2.60 bits per heavy atom. The summed E-state index contributed by atoms with van der Waals surface area (Å²) in [6.07, 6.45) is 3.71. The molecule has 15 heavy (non-hydrogen) atoms. The van der Waals surface area contributed by atoms with Gasteiger partial charge < -0.3 is 10.8 Å². The first-order valence-corrected chi connectivity index (χ1v) is 6.44. The number of hydrogen-bond acceptors (Lipinski definition) is 5. The van der Waals surface area contributed by atoms with E-state index in [0.29, 0.717) is 12.8 Å². The van der Waals surface area contributed by atoms with Gasteiger partial charge in [-0.2, -0.15) is 0 Å². The van der Waals surface area contributed by atoms with Crippen LogP contribution in [0.15, 0.2) is 15.9 Å². The van der Waals surface area contributed by atoms with Gasteiger partial charge in [-0.05, 0) is 19.3 Å². The third kappa shape index (κ3) is 2.32. The van der Waals surface area contributed by atoms with Crippen LogP contribution in [0.4, 0.5) is 0 Å². The Kier molecular flexibility index (Phi) is 2.99. The summed E-state index contributed by atoms with van der Waals surface area (Å²) in [6, 6.07) is 0. The van der Waals surface area contributed by atoms with Crippen LogP contribution in [0.2, 0.25) is 0 Å². The minimum atomic E-state index is -1.02. The molecule has 1 aliphatic rings. The van der Waals surface area contributed by atoms with E-state index in [0.717, 1.165) is 10.8 Å². The highest BCUT2D eigenvalue weighted by atomic mass is 32.2. The summed E-state index contributed by atoms with van der Waals surface area (Å²) < 4.78 is 0.995. The highest BCUT2D eigenvalue weighted by molar-refractivity contribution is 8.01. The molecule has 1 aromatic heterocycles. The summed E-state index contributed by atoms with van der Waals surface area (Å²) in [4.78, 5) is 15.1. The van der Waals surface area contributed by atoms with Gasteiger partial charge in [0.25, 0.3) is 0 Å². The zero-order valence-electron chi connectivity index (χ0n) is 8.05. The van der Waals surface area contributed by atoms with E-state index in [9.17, 15) is 4.79 Å². The van der Waals surface area contributed by atoms with Gasteiger partial charge in [0, 0.05) is 16.8 Å². The Morgan fingerprint density at radius 3 is 3.13 bits per heavy atom. The largest absolute Gasteiger partial charge is 0.480 e. The maximum absolute atomic E-state index is 10.9.